The Morgan fingerprint density at radius 1 is 0.762 bits per heavy atom. The molecule has 0 aliphatic heterocycles. The molecule has 2 aromatic rings. The number of carboxylic acid groups (broad SMARTS) is 2. The Morgan fingerprint density at radius 2 is 1.38 bits per heavy atom. The highest BCUT2D eigenvalue weighted by atomic mass is 16.7. The summed E-state index contributed by atoms with van der Waals surface area (Å²) >= 11 is 0. The molecule has 108 valence electrons. The zero-order chi connectivity index (χ0) is 15.2. The Bertz CT molecular complexity index is 666. The Labute approximate surface area is 118 Å². The molecule has 2 N–H and O–H groups in total. The number of carbonyl (C=O) groups is 2. The van der Waals surface area contributed by atoms with E-state index in [0.717, 1.165) is 0 Å². The smallest absolute Gasteiger partial charge is 0.453 e. The molecule has 2 aromatic carbocycles. The fraction of sp³-hybridized carbons (Fsp3) is 0. The minimum atomic E-state index is -1.46. The fourth-order valence-electron chi connectivity index (χ4n) is 1.54. The third-order valence-corrected chi connectivity index (χ3v) is 2.28. The Kier molecular flexibility index (Phi) is 4.25. The van der Waals surface area contributed by atoms with Crippen molar-refractivity contribution in [3.8, 4) is 23.0 Å². The van der Waals surface area contributed by atoms with Crippen LogP contribution in [0.3, 0.4) is 0 Å². The maximum Gasteiger partial charge on any atom is 0.511 e. The molecule has 0 aliphatic carbocycles. The van der Waals surface area contributed by atoms with E-state index in [0.29, 0.717) is 0 Å². The van der Waals surface area contributed by atoms with E-state index in [4.69, 9.17) is 14.9 Å². The first kappa shape index (κ1) is 14.2. The molecule has 0 aromatic heterocycles. The SMILES string of the molecule is O=C(O)Oc1cccc(Oc2ccccc2OC(=O)O)c1. The summed E-state index contributed by atoms with van der Waals surface area (Å²) in [6, 6.07) is 12.1. The number of ether oxygens (including phenoxy) is 3. The average molecular weight is 290 g/mol. The quantitative estimate of drug-likeness (QED) is 0.655. The van der Waals surface area contributed by atoms with Gasteiger partial charge in [0.2, 0.25) is 0 Å². The van der Waals surface area contributed by atoms with Crippen LogP contribution in [0, 0.1) is 0 Å². The molecule has 0 radical (unpaired) electrons. The zero-order valence-corrected chi connectivity index (χ0v) is 10.6. The normalized spacial score (nSPS) is 9.71. The maximum absolute atomic E-state index is 10.6. The summed E-state index contributed by atoms with van der Waals surface area (Å²) in [4.78, 5) is 21.1. The standard InChI is InChI=1S/C14H10O7/c15-13(16)20-10-5-3-4-9(8-10)19-11-6-1-2-7-12(11)21-14(17)18/h1-8H,(H,15,16)(H,17,18). The molecule has 0 amide bonds. The van der Waals surface area contributed by atoms with Crippen molar-refractivity contribution in [1.82, 2.24) is 0 Å². The van der Waals surface area contributed by atoms with Crippen LogP contribution in [0.1, 0.15) is 0 Å². The lowest BCUT2D eigenvalue weighted by molar-refractivity contribution is 0.141. The van der Waals surface area contributed by atoms with Gasteiger partial charge in [-0.15, -0.1) is 0 Å². The van der Waals surface area contributed by atoms with Crippen LogP contribution >= 0.6 is 0 Å². The first-order valence-corrected chi connectivity index (χ1v) is 5.73. The van der Waals surface area contributed by atoms with Gasteiger partial charge in [0, 0.05) is 6.07 Å². The van der Waals surface area contributed by atoms with E-state index < -0.39 is 12.3 Å². The van der Waals surface area contributed by atoms with E-state index in [1.54, 1.807) is 18.2 Å². The first-order chi connectivity index (χ1) is 10.0. The van der Waals surface area contributed by atoms with Gasteiger partial charge in [0.1, 0.15) is 11.5 Å². The van der Waals surface area contributed by atoms with Crippen molar-refractivity contribution in [3.05, 3.63) is 48.5 Å². The van der Waals surface area contributed by atoms with Crippen molar-refractivity contribution in [2.24, 2.45) is 0 Å². The lowest BCUT2D eigenvalue weighted by Crippen LogP contribution is -2.04. The molecule has 0 heterocycles. The fourth-order valence-corrected chi connectivity index (χ4v) is 1.54. The van der Waals surface area contributed by atoms with Crippen LogP contribution in [0.2, 0.25) is 0 Å². The van der Waals surface area contributed by atoms with Crippen LogP contribution in [0.4, 0.5) is 9.59 Å². The topological polar surface area (TPSA) is 102 Å². The monoisotopic (exact) mass is 290 g/mol. The average Bonchev–Trinajstić information content (AvgIpc) is 2.40. The van der Waals surface area contributed by atoms with Crippen molar-refractivity contribution in [3.63, 3.8) is 0 Å². The molecule has 0 aliphatic rings. The van der Waals surface area contributed by atoms with E-state index >= 15 is 0 Å². The van der Waals surface area contributed by atoms with Crippen LogP contribution in [0.25, 0.3) is 0 Å². The second-order valence-electron chi connectivity index (χ2n) is 3.76. The molecular formula is C14H10O7. The van der Waals surface area contributed by atoms with Gasteiger partial charge in [-0.2, -0.15) is 0 Å². The highest BCUT2D eigenvalue weighted by Crippen LogP contribution is 2.32. The molecule has 0 unspecified atom stereocenters. The second kappa shape index (κ2) is 6.29. The van der Waals surface area contributed by atoms with E-state index in [-0.39, 0.29) is 23.0 Å². The molecule has 2 rings (SSSR count). The van der Waals surface area contributed by atoms with E-state index in [9.17, 15) is 9.59 Å². The van der Waals surface area contributed by atoms with E-state index in [2.05, 4.69) is 9.47 Å². The highest BCUT2D eigenvalue weighted by molar-refractivity contribution is 5.63. The van der Waals surface area contributed by atoms with Crippen LogP contribution in [0.5, 0.6) is 23.0 Å². The molecule has 7 heteroatoms. The third kappa shape index (κ3) is 4.13. The number of hydrogen-bond donors (Lipinski definition) is 2. The van der Waals surface area contributed by atoms with Crippen molar-refractivity contribution in [1.29, 1.82) is 0 Å². The van der Waals surface area contributed by atoms with E-state index in [1.807, 2.05) is 0 Å². The van der Waals surface area contributed by atoms with Gasteiger partial charge in [-0.25, -0.2) is 9.59 Å². The molecule has 7 nitrogen and oxygen atoms in total. The third-order valence-electron chi connectivity index (χ3n) is 2.28. The van der Waals surface area contributed by atoms with Crippen LogP contribution in [-0.2, 0) is 0 Å². The summed E-state index contributed by atoms with van der Waals surface area (Å²) in [6.45, 7) is 0. The summed E-state index contributed by atoms with van der Waals surface area (Å²) in [5.74, 6) is 0.550. The first-order valence-electron chi connectivity index (χ1n) is 5.73. The van der Waals surface area contributed by atoms with Crippen molar-refractivity contribution in [2.75, 3.05) is 0 Å². The molecule has 0 bridgehead atoms. The summed E-state index contributed by atoms with van der Waals surface area (Å²) < 4.78 is 14.5. The van der Waals surface area contributed by atoms with E-state index in [1.165, 1.54) is 30.3 Å². The minimum Gasteiger partial charge on any atom is -0.453 e. The summed E-state index contributed by atoms with van der Waals surface area (Å²) in [6.07, 6.45) is -2.91. The molecule has 0 fully saturated rings. The molecule has 0 saturated carbocycles. The second-order valence-corrected chi connectivity index (χ2v) is 3.76. The van der Waals surface area contributed by atoms with Gasteiger partial charge < -0.3 is 24.4 Å². The van der Waals surface area contributed by atoms with Crippen LogP contribution in [0.15, 0.2) is 48.5 Å². The van der Waals surface area contributed by atoms with Crippen molar-refractivity contribution >= 4 is 12.3 Å². The molecule has 0 spiro atoms. The van der Waals surface area contributed by atoms with Gasteiger partial charge in [-0.3, -0.25) is 0 Å². The number of hydrogen-bond acceptors (Lipinski definition) is 5. The van der Waals surface area contributed by atoms with Gasteiger partial charge in [-0.05, 0) is 24.3 Å². The Hall–Kier alpha value is -3.22. The molecule has 0 atom stereocenters. The lowest BCUT2D eigenvalue weighted by Gasteiger charge is -2.10. The summed E-state index contributed by atoms with van der Waals surface area (Å²) in [7, 11) is 0. The highest BCUT2D eigenvalue weighted by Gasteiger charge is 2.10. The summed E-state index contributed by atoms with van der Waals surface area (Å²) in [5.41, 5.74) is 0. The maximum atomic E-state index is 10.6. The largest absolute Gasteiger partial charge is 0.511 e. The van der Waals surface area contributed by atoms with Crippen LogP contribution < -0.4 is 14.2 Å². The lowest BCUT2D eigenvalue weighted by atomic mass is 10.3. The Morgan fingerprint density at radius 3 is 2.05 bits per heavy atom. The summed E-state index contributed by atoms with van der Waals surface area (Å²) in [5, 5.41) is 17.2. The zero-order valence-electron chi connectivity index (χ0n) is 10.6. The van der Waals surface area contributed by atoms with Gasteiger partial charge in [0.05, 0.1) is 0 Å². The molecule has 21 heavy (non-hydrogen) atoms. The number of benzene rings is 2. The van der Waals surface area contributed by atoms with Crippen molar-refractivity contribution < 1.29 is 34.0 Å². The predicted octanol–water partition coefficient (Wildman–Crippen LogP) is 3.59. The predicted molar refractivity (Wildman–Crippen MR) is 70.3 cm³/mol. The number of rotatable bonds is 4. The number of para-hydroxylation sites is 2. The Balaban J connectivity index is 2.22. The van der Waals surface area contributed by atoms with Gasteiger partial charge >= 0.3 is 12.3 Å². The van der Waals surface area contributed by atoms with Crippen LogP contribution in [-0.4, -0.2) is 22.5 Å². The molecule has 0 saturated heterocycles. The van der Waals surface area contributed by atoms with Gasteiger partial charge in [-0.1, -0.05) is 18.2 Å². The van der Waals surface area contributed by atoms with Gasteiger partial charge in [0.25, 0.3) is 0 Å². The van der Waals surface area contributed by atoms with Gasteiger partial charge in [0.15, 0.2) is 11.5 Å². The minimum absolute atomic E-state index is 0.0227. The molecular weight excluding hydrogens is 280 g/mol. The van der Waals surface area contributed by atoms with Crippen molar-refractivity contribution in [2.45, 2.75) is 0 Å².